The van der Waals surface area contributed by atoms with Gasteiger partial charge < -0.3 is 14.8 Å². The lowest BCUT2D eigenvalue weighted by atomic mass is 10.2. The molecule has 0 unspecified atom stereocenters. The number of nitrogens with zero attached hydrogens (tertiary/aromatic N) is 2. The summed E-state index contributed by atoms with van der Waals surface area (Å²) in [4.78, 5) is 24.5. The normalized spacial score (nSPS) is 15.4. The number of amidine groups is 1. The molecule has 0 saturated heterocycles. The molecule has 3 rings (SSSR count). The SMILES string of the molecule is COc1cc([C@@H]2SC(NC(C)=O)=NN2C(C)=O)ccc1OCCSc1ccc(Cl)cc1. The highest BCUT2D eigenvalue weighted by atomic mass is 35.5. The highest BCUT2D eigenvalue weighted by molar-refractivity contribution is 8.14. The molecule has 0 bridgehead atoms. The molecule has 0 aliphatic carbocycles. The summed E-state index contributed by atoms with van der Waals surface area (Å²) in [5, 5.41) is 8.87. The minimum atomic E-state index is -0.400. The first-order chi connectivity index (χ1) is 14.9. The molecule has 10 heteroatoms. The maximum atomic E-state index is 12.0. The van der Waals surface area contributed by atoms with E-state index in [0.717, 1.165) is 16.2 Å². The Labute approximate surface area is 194 Å². The number of amides is 2. The van der Waals surface area contributed by atoms with Crippen molar-refractivity contribution in [2.24, 2.45) is 5.10 Å². The second kappa shape index (κ2) is 10.8. The van der Waals surface area contributed by atoms with Gasteiger partial charge in [-0.15, -0.1) is 16.9 Å². The fourth-order valence-electron chi connectivity index (χ4n) is 2.78. The van der Waals surface area contributed by atoms with Crippen molar-refractivity contribution in [3.8, 4) is 11.5 Å². The Morgan fingerprint density at radius 2 is 1.94 bits per heavy atom. The third-order valence-corrected chi connectivity index (χ3v) is 6.48. The molecule has 0 spiro atoms. The van der Waals surface area contributed by atoms with Crippen LogP contribution in [0, 0.1) is 0 Å². The van der Waals surface area contributed by atoms with E-state index in [2.05, 4.69) is 10.4 Å². The van der Waals surface area contributed by atoms with Gasteiger partial charge in [-0.3, -0.25) is 9.59 Å². The van der Waals surface area contributed by atoms with E-state index in [-0.39, 0.29) is 11.8 Å². The molecule has 164 valence electrons. The van der Waals surface area contributed by atoms with Crippen LogP contribution in [0.2, 0.25) is 5.02 Å². The summed E-state index contributed by atoms with van der Waals surface area (Å²) in [5.74, 6) is 1.47. The first-order valence-electron chi connectivity index (χ1n) is 9.39. The van der Waals surface area contributed by atoms with Crippen molar-refractivity contribution in [3.63, 3.8) is 0 Å². The predicted molar refractivity (Wildman–Crippen MR) is 125 cm³/mol. The molecule has 7 nitrogen and oxygen atoms in total. The van der Waals surface area contributed by atoms with Crippen molar-refractivity contribution in [2.45, 2.75) is 24.1 Å². The van der Waals surface area contributed by atoms with Crippen LogP contribution >= 0.6 is 35.1 Å². The number of hydrogen-bond donors (Lipinski definition) is 1. The van der Waals surface area contributed by atoms with Crippen LogP contribution in [0.1, 0.15) is 24.8 Å². The standard InChI is InChI=1S/C21H22ClN3O4S2/c1-13(26)23-21-24-25(14(2)27)20(31-21)15-4-9-18(19(12-15)28-3)29-10-11-30-17-7-5-16(22)6-8-17/h4-9,12,20H,10-11H2,1-3H3,(H,23,24,26)/t20-/m0/s1. The summed E-state index contributed by atoms with van der Waals surface area (Å²) >= 11 is 8.87. The monoisotopic (exact) mass is 479 g/mol. The zero-order valence-electron chi connectivity index (χ0n) is 17.3. The Kier molecular flexibility index (Phi) is 8.11. The molecule has 0 aromatic heterocycles. The third-order valence-electron chi connectivity index (χ3n) is 4.15. The number of halogens is 1. The molecule has 0 radical (unpaired) electrons. The van der Waals surface area contributed by atoms with Gasteiger partial charge >= 0.3 is 0 Å². The predicted octanol–water partition coefficient (Wildman–Crippen LogP) is 4.52. The summed E-state index contributed by atoms with van der Waals surface area (Å²) in [6.07, 6.45) is 0. The van der Waals surface area contributed by atoms with Crippen LogP contribution in [-0.2, 0) is 9.59 Å². The zero-order valence-corrected chi connectivity index (χ0v) is 19.6. The van der Waals surface area contributed by atoms with Crippen molar-refractivity contribution in [2.75, 3.05) is 19.5 Å². The van der Waals surface area contributed by atoms with Crippen LogP contribution in [0.3, 0.4) is 0 Å². The smallest absolute Gasteiger partial charge is 0.241 e. The van der Waals surface area contributed by atoms with E-state index in [1.54, 1.807) is 18.9 Å². The Balaban J connectivity index is 1.64. The maximum Gasteiger partial charge on any atom is 0.241 e. The lowest BCUT2D eigenvalue weighted by Gasteiger charge is -2.20. The largest absolute Gasteiger partial charge is 0.493 e. The van der Waals surface area contributed by atoms with Crippen LogP contribution in [0.15, 0.2) is 52.5 Å². The summed E-state index contributed by atoms with van der Waals surface area (Å²) in [6.45, 7) is 3.33. The van der Waals surface area contributed by atoms with E-state index in [9.17, 15) is 9.59 Å². The van der Waals surface area contributed by atoms with Crippen LogP contribution in [0.4, 0.5) is 0 Å². The van der Waals surface area contributed by atoms with Crippen molar-refractivity contribution in [1.29, 1.82) is 0 Å². The fraction of sp³-hybridized carbons (Fsp3) is 0.286. The first kappa shape index (κ1) is 23.3. The van der Waals surface area contributed by atoms with E-state index >= 15 is 0 Å². The van der Waals surface area contributed by atoms with Crippen molar-refractivity contribution in [1.82, 2.24) is 10.3 Å². The van der Waals surface area contributed by atoms with Gasteiger partial charge in [0.2, 0.25) is 11.8 Å². The van der Waals surface area contributed by atoms with Crippen molar-refractivity contribution in [3.05, 3.63) is 53.1 Å². The first-order valence-corrected chi connectivity index (χ1v) is 11.6. The van der Waals surface area contributed by atoms with Gasteiger partial charge in [0.25, 0.3) is 0 Å². The zero-order chi connectivity index (χ0) is 22.4. The topological polar surface area (TPSA) is 80.2 Å². The molecule has 1 heterocycles. The minimum absolute atomic E-state index is 0.226. The summed E-state index contributed by atoms with van der Waals surface area (Å²) in [6, 6.07) is 13.2. The lowest BCUT2D eigenvalue weighted by molar-refractivity contribution is -0.129. The van der Waals surface area contributed by atoms with E-state index in [4.69, 9.17) is 21.1 Å². The van der Waals surface area contributed by atoms with Crippen LogP contribution in [0.5, 0.6) is 11.5 Å². The number of hydrazone groups is 1. The second-order valence-corrected chi connectivity index (χ2v) is 9.15. The Morgan fingerprint density at radius 1 is 1.19 bits per heavy atom. The average Bonchev–Trinajstić information content (AvgIpc) is 3.16. The number of benzene rings is 2. The lowest BCUT2D eigenvalue weighted by Crippen LogP contribution is -2.25. The maximum absolute atomic E-state index is 12.0. The average molecular weight is 480 g/mol. The van der Waals surface area contributed by atoms with Crippen molar-refractivity contribution < 1.29 is 19.1 Å². The van der Waals surface area contributed by atoms with Crippen LogP contribution in [0.25, 0.3) is 0 Å². The number of thioether (sulfide) groups is 2. The molecule has 2 amide bonds. The minimum Gasteiger partial charge on any atom is -0.493 e. The summed E-state index contributed by atoms with van der Waals surface area (Å²) < 4.78 is 11.4. The third kappa shape index (κ3) is 6.32. The molecule has 2 aromatic carbocycles. The number of carbonyl (C=O) groups is 2. The highest BCUT2D eigenvalue weighted by Gasteiger charge is 2.32. The quantitative estimate of drug-likeness (QED) is 0.464. The molecule has 1 aliphatic rings. The van der Waals surface area contributed by atoms with Gasteiger partial charge in [0.05, 0.1) is 13.7 Å². The number of rotatable bonds is 7. The van der Waals surface area contributed by atoms with E-state index in [0.29, 0.717) is 28.3 Å². The molecule has 0 saturated carbocycles. The summed E-state index contributed by atoms with van der Waals surface area (Å²) in [5.41, 5.74) is 0.809. The molecular weight excluding hydrogens is 458 g/mol. The second-order valence-electron chi connectivity index (χ2n) is 6.48. The molecule has 1 N–H and O–H groups in total. The van der Waals surface area contributed by atoms with Gasteiger partial charge in [-0.1, -0.05) is 29.4 Å². The number of hydrogen-bond acceptors (Lipinski definition) is 7. The molecule has 31 heavy (non-hydrogen) atoms. The van der Waals surface area contributed by atoms with Gasteiger partial charge in [-0.25, -0.2) is 5.01 Å². The van der Waals surface area contributed by atoms with E-state index < -0.39 is 5.37 Å². The number of ether oxygens (including phenoxy) is 2. The van der Waals surface area contributed by atoms with Gasteiger partial charge in [-0.2, -0.15) is 0 Å². The molecule has 0 fully saturated rings. The highest BCUT2D eigenvalue weighted by Crippen LogP contribution is 2.41. The molecule has 2 aromatic rings. The number of carbonyl (C=O) groups excluding carboxylic acids is 2. The van der Waals surface area contributed by atoms with Crippen LogP contribution in [-0.4, -0.2) is 41.5 Å². The van der Waals surface area contributed by atoms with Gasteiger partial charge in [0.1, 0.15) is 5.37 Å². The Bertz CT molecular complexity index is 985. The van der Waals surface area contributed by atoms with E-state index in [1.165, 1.54) is 30.6 Å². The van der Waals surface area contributed by atoms with Crippen LogP contribution < -0.4 is 14.8 Å². The Hall–Kier alpha value is -2.36. The van der Waals surface area contributed by atoms with Gasteiger partial charge in [0.15, 0.2) is 16.7 Å². The van der Waals surface area contributed by atoms with E-state index in [1.807, 2.05) is 42.5 Å². The summed E-state index contributed by atoms with van der Waals surface area (Å²) in [7, 11) is 1.57. The molecule has 1 aliphatic heterocycles. The Morgan fingerprint density at radius 3 is 2.58 bits per heavy atom. The number of nitrogens with one attached hydrogen (secondary N) is 1. The number of methoxy groups -OCH3 is 1. The fourth-order valence-corrected chi connectivity index (χ4v) is 4.76. The van der Waals surface area contributed by atoms with Gasteiger partial charge in [0, 0.05) is 29.5 Å². The van der Waals surface area contributed by atoms with Gasteiger partial charge in [-0.05, 0) is 42.0 Å². The molecular formula is C21H22ClN3O4S2. The molecule has 1 atom stereocenters. The van der Waals surface area contributed by atoms with Crippen molar-refractivity contribution >= 4 is 52.1 Å².